The maximum absolute atomic E-state index is 12.7. The summed E-state index contributed by atoms with van der Waals surface area (Å²) < 4.78 is 44.1. The van der Waals surface area contributed by atoms with Crippen molar-refractivity contribution < 1.29 is 22.7 Å². The van der Waals surface area contributed by atoms with Crippen LogP contribution in [0.1, 0.15) is 28.9 Å². The molecule has 0 fully saturated rings. The van der Waals surface area contributed by atoms with E-state index in [-0.39, 0.29) is 23.9 Å². The van der Waals surface area contributed by atoms with Gasteiger partial charge in [-0.3, -0.25) is 0 Å². The van der Waals surface area contributed by atoms with Gasteiger partial charge in [0.25, 0.3) is 0 Å². The molecule has 0 aliphatic rings. The first-order valence-corrected chi connectivity index (χ1v) is 6.11. The lowest BCUT2D eigenvalue weighted by atomic mass is 10.2. The van der Waals surface area contributed by atoms with Gasteiger partial charge in [0, 0.05) is 0 Å². The summed E-state index contributed by atoms with van der Waals surface area (Å²) in [4.78, 5) is 15.7. The first kappa shape index (κ1) is 15.0. The van der Waals surface area contributed by atoms with Gasteiger partial charge in [0.2, 0.25) is 5.82 Å². The van der Waals surface area contributed by atoms with Gasteiger partial charge < -0.3 is 4.74 Å². The van der Waals surface area contributed by atoms with E-state index in [0.29, 0.717) is 0 Å². The number of ether oxygens (including phenoxy) is 1. The van der Waals surface area contributed by atoms with Gasteiger partial charge in [-0.2, -0.15) is 18.3 Å². The zero-order valence-electron chi connectivity index (χ0n) is 11.3. The van der Waals surface area contributed by atoms with Crippen LogP contribution in [-0.4, -0.2) is 27.3 Å². The summed E-state index contributed by atoms with van der Waals surface area (Å²) in [6, 6.07) is 4.49. The van der Waals surface area contributed by atoms with Crippen LogP contribution < -0.4 is 0 Å². The highest BCUT2D eigenvalue weighted by atomic mass is 19.4. The molecule has 1 aromatic carbocycles. The van der Waals surface area contributed by atoms with E-state index in [1.54, 1.807) is 6.92 Å². The monoisotopic (exact) mass is 299 g/mol. The molecule has 0 unspecified atom stereocenters. The molecule has 0 aliphatic carbocycles. The number of rotatable bonds is 3. The van der Waals surface area contributed by atoms with Crippen molar-refractivity contribution in [2.24, 2.45) is 0 Å². The highest BCUT2D eigenvalue weighted by Gasteiger charge is 2.31. The molecule has 112 valence electrons. The van der Waals surface area contributed by atoms with E-state index in [0.717, 1.165) is 16.8 Å². The van der Waals surface area contributed by atoms with Crippen LogP contribution in [0.2, 0.25) is 0 Å². The Balaban J connectivity index is 2.50. The topological polar surface area (TPSA) is 57.0 Å². The minimum atomic E-state index is -4.48. The maximum atomic E-state index is 12.7. The molecule has 0 saturated heterocycles. The number of nitrogens with zero attached hydrogens (tertiary/aromatic N) is 3. The summed E-state index contributed by atoms with van der Waals surface area (Å²) in [7, 11) is 0. The quantitative estimate of drug-likeness (QED) is 0.818. The summed E-state index contributed by atoms with van der Waals surface area (Å²) in [5.74, 6) is -0.639. The largest absolute Gasteiger partial charge is 0.460 e. The molecule has 21 heavy (non-hydrogen) atoms. The number of esters is 1. The van der Waals surface area contributed by atoms with E-state index in [2.05, 4.69) is 10.1 Å². The average molecular weight is 299 g/mol. The Morgan fingerprint density at radius 1 is 1.38 bits per heavy atom. The summed E-state index contributed by atoms with van der Waals surface area (Å²) in [6.07, 6.45) is -4.48. The first-order chi connectivity index (χ1) is 9.82. The molecular weight excluding hydrogens is 287 g/mol. The fourth-order valence-electron chi connectivity index (χ4n) is 1.74. The molecule has 0 amide bonds. The van der Waals surface area contributed by atoms with Crippen LogP contribution in [0.4, 0.5) is 13.2 Å². The van der Waals surface area contributed by atoms with Crippen LogP contribution in [0.5, 0.6) is 0 Å². The molecular formula is C13H12F3N3O2. The van der Waals surface area contributed by atoms with E-state index in [4.69, 9.17) is 4.74 Å². The van der Waals surface area contributed by atoms with E-state index >= 15 is 0 Å². The molecule has 0 N–H and O–H groups in total. The minimum Gasteiger partial charge on any atom is -0.460 e. The number of hydrogen-bond donors (Lipinski definition) is 0. The smallest absolute Gasteiger partial charge is 0.416 e. The van der Waals surface area contributed by atoms with Crippen LogP contribution >= 0.6 is 0 Å². The lowest BCUT2D eigenvalue weighted by Gasteiger charge is -2.09. The molecule has 0 saturated carbocycles. The fourth-order valence-corrected chi connectivity index (χ4v) is 1.74. The third-order valence-corrected chi connectivity index (χ3v) is 2.59. The lowest BCUT2D eigenvalue weighted by molar-refractivity contribution is -0.137. The normalized spacial score (nSPS) is 11.5. The van der Waals surface area contributed by atoms with Crippen LogP contribution in [0, 0.1) is 6.92 Å². The van der Waals surface area contributed by atoms with E-state index < -0.39 is 17.7 Å². The lowest BCUT2D eigenvalue weighted by Crippen LogP contribution is -2.14. The molecule has 8 heteroatoms. The zero-order chi connectivity index (χ0) is 15.6. The number of alkyl halides is 3. The summed E-state index contributed by atoms with van der Waals surface area (Å²) in [5, 5.41) is 3.94. The van der Waals surface area contributed by atoms with Crippen LogP contribution in [-0.2, 0) is 10.9 Å². The molecule has 5 nitrogen and oxygen atoms in total. The van der Waals surface area contributed by atoms with Gasteiger partial charge in [0.1, 0.15) is 5.82 Å². The van der Waals surface area contributed by atoms with Crippen LogP contribution in [0.3, 0.4) is 0 Å². The van der Waals surface area contributed by atoms with Gasteiger partial charge in [-0.25, -0.2) is 14.5 Å². The highest BCUT2D eigenvalue weighted by molar-refractivity contribution is 5.86. The summed E-state index contributed by atoms with van der Waals surface area (Å²) in [5.41, 5.74) is -0.739. The van der Waals surface area contributed by atoms with Crippen molar-refractivity contribution in [2.75, 3.05) is 6.61 Å². The van der Waals surface area contributed by atoms with Gasteiger partial charge in [-0.05, 0) is 32.0 Å². The van der Waals surface area contributed by atoms with Crippen molar-refractivity contribution >= 4 is 5.97 Å². The zero-order valence-corrected chi connectivity index (χ0v) is 11.3. The van der Waals surface area contributed by atoms with E-state index in [1.165, 1.54) is 19.1 Å². The molecule has 0 radical (unpaired) electrons. The van der Waals surface area contributed by atoms with E-state index in [9.17, 15) is 18.0 Å². The Morgan fingerprint density at radius 2 is 2.10 bits per heavy atom. The van der Waals surface area contributed by atoms with Crippen molar-refractivity contribution in [3.05, 3.63) is 41.5 Å². The molecule has 2 aromatic rings. The molecule has 0 aliphatic heterocycles. The summed E-state index contributed by atoms with van der Waals surface area (Å²) >= 11 is 0. The van der Waals surface area contributed by atoms with Gasteiger partial charge in [-0.15, -0.1) is 0 Å². The standard InChI is InChI=1S/C13H12F3N3O2/c1-3-21-12(20)11-17-8(2)18-19(11)10-6-4-5-9(7-10)13(14,15)16/h4-7H,3H2,1-2H3. The van der Waals surface area contributed by atoms with Crippen molar-refractivity contribution in [3.63, 3.8) is 0 Å². The Hall–Kier alpha value is -2.38. The maximum Gasteiger partial charge on any atom is 0.416 e. The minimum absolute atomic E-state index is 0.0912. The SMILES string of the molecule is CCOC(=O)c1nc(C)nn1-c1cccc(C(F)(F)F)c1. The highest BCUT2D eigenvalue weighted by Crippen LogP contribution is 2.30. The number of carbonyl (C=O) groups is 1. The van der Waals surface area contributed by atoms with Crippen molar-refractivity contribution in [3.8, 4) is 5.69 Å². The van der Waals surface area contributed by atoms with Crippen LogP contribution in [0.25, 0.3) is 5.69 Å². The molecule has 1 aromatic heterocycles. The van der Waals surface area contributed by atoms with Gasteiger partial charge in [0.05, 0.1) is 17.9 Å². The Labute approximate surface area is 118 Å². The molecule has 2 rings (SSSR count). The third kappa shape index (κ3) is 3.21. The van der Waals surface area contributed by atoms with Gasteiger partial charge in [0.15, 0.2) is 0 Å². The Morgan fingerprint density at radius 3 is 2.71 bits per heavy atom. The third-order valence-electron chi connectivity index (χ3n) is 2.59. The molecule has 1 heterocycles. The number of aryl methyl sites for hydroxylation is 1. The van der Waals surface area contributed by atoms with Gasteiger partial charge in [-0.1, -0.05) is 6.07 Å². The fraction of sp³-hybridized carbons (Fsp3) is 0.308. The van der Waals surface area contributed by atoms with E-state index in [1.807, 2.05) is 0 Å². The Bertz CT molecular complexity index is 665. The Kier molecular flexibility index (Phi) is 3.97. The number of hydrogen-bond acceptors (Lipinski definition) is 4. The molecule has 0 bridgehead atoms. The first-order valence-electron chi connectivity index (χ1n) is 6.11. The second-order valence-corrected chi connectivity index (χ2v) is 4.16. The van der Waals surface area contributed by atoms with Gasteiger partial charge >= 0.3 is 12.1 Å². The number of benzene rings is 1. The molecule has 0 spiro atoms. The number of halogens is 3. The second-order valence-electron chi connectivity index (χ2n) is 4.16. The van der Waals surface area contributed by atoms with Crippen LogP contribution in [0.15, 0.2) is 24.3 Å². The second kappa shape index (κ2) is 5.55. The number of aromatic nitrogens is 3. The number of carbonyl (C=O) groups excluding carboxylic acids is 1. The molecule has 0 atom stereocenters. The van der Waals surface area contributed by atoms with Crippen molar-refractivity contribution in [1.82, 2.24) is 14.8 Å². The predicted octanol–water partition coefficient (Wildman–Crippen LogP) is 2.77. The van der Waals surface area contributed by atoms with Crippen molar-refractivity contribution in [2.45, 2.75) is 20.0 Å². The predicted molar refractivity (Wildman–Crippen MR) is 67.1 cm³/mol. The average Bonchev–Trinajstić information content (AvgIpc) is 2.80. The van der Waals surface area contributed by atoms with Crippen molar-refractivity contribution in [1.29, 1.82) is 0 Å². The summed E-state index contributed by atoms with van der Waals surface area (Å²) in [6.45, 7) is 3.29.